The van der Waals surface area contributed by atoms with Gasteiger partial charge in [-0.3, -0.25) is 4.68 Å². The number of aryl methyl sites for hydroxylation is 1. The molecule has 1 heterocycles. The lowest BCUT2D eigenvalue weighted by Gasteiger charge is -2.15. The summed E-state index contributed by atoms with van der Waals surface area (Å²) < 4.78 is 1.73. The third kappa shape index (κ3) is 2.56. The molecule has 2 atom stereocenters. The highest BCUT2D eigenvalue weighted by atomic mass is 16.3. The van der Waals surface area contributed by atoms with Gasteiger partial charge in [-0.1, -0.05) is 13.3 Å². The van der Waals surface area contributed by atoms with Gasteiger partial charge in [0.2, 0.25) is 0 Å². The Labute approximate surface area is 84.2 Å². The van der Waals surface area contributed by atoms with Gasteiger partial charge in [0.1, 0.15) is 6.10 Å². The molecule has 0 aromatic carbocycles. The molecule has 1 rings (SSSR count). The van der Waals surface area contributed by atoms with Gasteiger partial charge >= 0.3 is 0 Å². The normalized spacial score (nSPS) is 15.4. The lowest BCUT2D eigenvalue weighted by atomic mass is 10.0. The fourth-order valence-electron chi connectivity index (χ4n) is 1.38. The highest BCUT2D eigenvalue weighted by Crippen LogP contribution is 2.18. The van der Waals surface area contributed by atoms with Crippen LogP contribution in [0.5, 0.6) is 0 Å². The third-order valence-corrected chi connectivity index (χ3v) is 2.27. The van der Waals surface area contributed by atoms with Crippen LogP contribution in [0.4, 0.5) is 0 Å². The summed E-state index contributed by atoms with van der Waals surface area (Å²) in [5.74, 6) is 0. The van der Waals surface area contributed by atoms with E-state index in [-0.39, 0.29) is 0 Å². The maximum Gasteiger partial charge on any atom is 0.108 e. The van der Waals surface area contributed by atoms with Gasteiger partial charge < -0.3 is 10.2 Å². The van der Waals surface area contributed by atoms with Crippen molar-refractivity contribution in [3.63, 3.8) is 0 Å². The minimum Gasteiger partial charge on any atom is -0.390 e. The Morgan fingerprint density at radius 1 is 1.43 bits per heavy atom. The molecule has 0 saturated heterocycles. The molecular weight excluding hydrogens is 180 g/mol. The number of hydrogen-bond donors (Lipinski definition) is 2. The first-order chi connectivity index (χ1) is 6.69. The Morgan fingerprint density at radius 2 is 2.14 bits per heavy atom. The summed E-state index contributed by atoms with van der Waals surface area (Å²) in [5.41, 5.74) is 0.688. The fourth-order valence-corrected chi connectivity index (χ4v) is 1.38. The van der Waals surface area contributed by atoms with E-state index in [1.54, 1.807) is 17.1 Å². The molecule has 2 N–H and O–H groups in total. The second-order valence-corrected chi connectivity index (χ2v) is 3.43. The van der Waals surface area contributed by atoms with Crippen LogP contribution in [0.25, 0.3) is 0 Å². The van der Waals surface area contributed by atoms with E-state index in [9.17, 15) is 10.2 Å². The van der Waals surface area contributed by atoms with Gasteiger partial charge in [-0.05, 0) is 13.3 Å². The monoisotopic (exact) mass is 198 g/mol. The quantitative estimate of drug-likeness (QED) is 0.744. The van der Waals surface area contributed by atoms with Gasteiger partial charge in [0, 0.05) is 18.3 Å². The van der Waals surface area contributed by atoms with E-state index < -0.39 is 12.2 Å². The van der Waals surface area contributed by atoms with Crippen LogP contribution < -0.4 is 0 Å². The van der Waals surface area contributed by atoms with Gasteiger partial charge in [-0.2, -0.15) is 5.10 Å². The van der Waals surface area contributed by atoms with Crippen molar-refractivity contribution >= 4 is 0 Å². The van der Waals surface area contributed by atoms with Crippen molar-refractivity contribution in [1.82, 2.24) is 9.78 Å². The van der Waals surface area contributed by atoms with Crippen LogP contribution in [-0.2, 0) is 6.54 Å². The van der Waals surface area contributed by atoms with Gasteiger partial charge in [0.15, 0.2) is 0 Å². The molecule has 80 valence electrons. The van der Waals surface area contributed by atoms with E-state index in [0.717, 1.165) is 13.0 Å². The Kier molecular flexibility index (Phi) is 4.10. The van der Waals surface area contributed by atoms with E-state index in [1.165, 1.54) is 0 Å². The lowest BCUT2D eigenvalue weighted by Crippen LogP contribution is -2.17. The summed E-state index contributed by atoms with van der Waals surface area (Å²) in [6.07, 6.45) is 3.35. The first kappa shape index (κ1) is 11.2. The standard InChI is InChI=1S/C10H18N2O2/c1-3-5-9(13)10(14)8-6-11-12(4-2)7-8/h6-7,9-10,13-14H,3-5H2,1-2H3. The highest BCUT2D eigenvalue weighted by molar-refractivity contribution is 5.09. The van der Waals surface area contributed by atoms with Crippen molar-refractivity contribution in [2.45, 2.75) is 45.4 Å². The van der Waals surface area contributed by atoms with E-state index in [4.69, 9.17) is 0 Å². The summed E-state index contributed by atoms with van der Waals surface area (Å²) in [6.45, 7) is 4.73. The van der Waals surface area contributed by atoms with E-state index >= 15 is 0 Å². The SMILES string of the molecule is CCCC(O)C(O)c1cnn(CC)c1. The molecule has 14 heavy (non-hydrogen) atoms. The number of hydrogen-bond acceptors (Lipinski definition) is 3. The molecule has 0 aliphatic heterocycles. The average Bonchev–Trinajstić information content (AvgIpc) is 2.65. The molecule has 0 amide bonds. The molecule has 0 bridgehead atoms. The van der Waals surface area contributed by atoms with Gasteiger partial charge in [-0.25, -0.2) is 0 Å². The topological polar surface area (TPSA) is 58.3 Å². The van der Waals surface area contributed by atoms with E-state index in [1.807, 2.05) is 13.8 Å². The van der Waals surface area contributed by atoms with Crippen LogP contribution in [0, 0.1) is 0 Å². The summed E-state index contributed by atoms with van der Waals surface area (Å²) in [6, 6.07) is 0. The Morgan fingerprint density at radius 3 is 2.64 bits per heavy atom. The summed E-state index contributed by atoms with van der Waals surface area (Å²) in [7, 11) is 0. The van der Waals surface area contributed by atoms with Crippen LogP contribution in [0.3, 0.4) is 0 Å². The Bertz CT molecular complexity index is 273. The number of nitrogens with zero attached hydrogens (tertiary/aromatic N) is 2. The average molecular weight is 198 g/mol. The minimum absolute atomic E-state index is 0.610. The molecule has 0 fully saturated rings. The van der Waals surface area contributed by atoms with Crippen molar-refractivity contribution in [3.05, 3.63) is 18.0 Å². The number of rotatable bonds is 5. The summed E-state index contributed by atoms with van der Waals surface area (Å²) in [4.78, 5) is 0. The second-order valence-electron chi connectivity index (χ2n) is 3.43. The Balaban J connectivity index is 2.63. The molecule has 1 aromatic rings. The smallest absolute Gasteiger partial charge is 0.108 e. The number of aromatic nitrogens is 2. The predicted molar refractivity (Wildman–Crippen MR) is 53.8 cm³/mol. The van der Waals surface area contributed by atoms with Crippen molar-refractivity contribution in [1.29, 1.82) is 0 Å². The van der Waals surface area contributed by atoms with Gasteiger partial charge in [-0.15, -0.1) is 0 Å². The first-order valence-corrected chi connectivity index (χ1v) is 5.07. The van der Waals surface area contributed by atoms with Crippen molar-refractivity contribution in [3.8, 4) is 0 Å². The summed E-state index contributed by atoms with van der Waals surface area (Å²) >= 11 is 0. The molecule has 0 aliphatic carbocycles. The highest BCUT2D eigenvalue weighted by Gasteiger charge is 2.18. The van der Waals surface area contributed by atoms with Crippen LogP contribution in [0.15, 0.2) is 12.4 Å². The third-order valence-electron chi connectivity index (χ3n) is 2.27. The van der Waals surface area contributed by atoms with Crippen molar-refractivity contribution < 1.29 is 10.2 Å². The molecular formula is C10H18N2O2. The van der Waals surface area contributed by atoms with Gasteiger partial charge in [0.05, 0.1) is 12.3 Å². The van der Waals surface area contributed by atoms with Crippen LogP contribution in [0.1, 0.15) is 38.4 Å². The molecule has 0 aliphatic rings. The van der Waals surface area contributed by atoms with E-state index in [0.29, 0.717) is 12.0 Å². The molecule has 2 unspecified atom stereocenters. The zero-order valence-electron chi connectivity index (χ0n) is 8.72. The van der Waals surface area contributed by atoms with Crippen molar-refractivity contribution in [2.24, 2.45) is 0 Å². The largest absolute Gasteiger partial charge is 0.390 e. The maximum absolute atomic E-state index is 9.73. The van der Waals surface area contributed by atoms with Crippen molar-refractivity contribution in [2.75, 3.05) is 0 Å². The zero-order chi connectivity index (χ0) is 10.6. The fraction of sp³-hybridized carbons (Fsp3) is 0.700. The van der Waals surface area contributed by atoms with Crippen LogP contribution in [-0.4, -0.2) is 26.1 Å². The van der Waals surface area contributed by atoms with Gasteiger partial charge in [0.25, 0.3) is 0 Å². The van der Waals surface area contributed by atoms with Crippen LogP contribution >= 0.6 is 0 Å². The van der Waals surface area contributed by atoms with Crippen LogP contribution in [0.2, 0.25) is 0 Å². The number of aliphatic hydroxyl groups excluding tert-OH is 2. The maximum atomic E-state index is 9.73. The molecule has 1 aromatic heterocycles. The Hall–Kier alpha value is -0.870. The molecule has 4 heteroatoms. The minimum atomic E-state index is -0.810. The second kappa shape index (κ2) is 5.12. The summed E-state index contributed by atoms with van der Waals surface area (Å²) in [5, 5.41) is 23.3. The first-order valence-electron chi connectivity index (χ1n) is 5.07. The number of aliphatic hydroxyl groups is 2. The lowest BCUT2D eigenvalue weighted by molar-refractivity contribution is 0.0130. The van der Waals surface area contributed by atoms with E-state index in [2.05, 4.69) is 5.10 Å². The molecule has 0 radical (unpaired) electrons. The molecule has 0 spiro atoms. The molecule has 4 nitrogen and oxygen atoms in total. The molecule has 0 saturated carbocycles. The predicted octanol–water partition coefficient (Wildman–Crippen LogP) is 1.10. The zero-order valence-corrected chi connectivity index (χ0v) is 8.72.